The maximum atomic E-state index is 5.77. The molecule has 6 nitrogen and oxygen atoms in total. The summed E-state index contributed by atoms with van der Waals surface area (Å²) in [7, 11) is 0. The molecule has 3 aromatic rings. The van der Waals surface area contributed by atoms with E-state index in [1.807, 2.05) is 36.4 Å². The van der Waals surface area contributed by atoms with Crippen LogP contribution in [0.4, 0.5) is 0 Å². The zero-order valence-corrected chi connectivity index (χ0v) is 15.7. The van der Waals surface area contributed by atoms with Gasteiger partial charge in [0.1, 0.15) is 37.4 Å². The first-order valence-electron chi connectivity index (χ1n) is 9.09. The van der Waals surface area contributed by atoms with Gasteiger partial charge >= 0.3 is 0 Å². The predicted molar refractivity (Wildman–Crippen MR) is 106 cm³/mol. The molecule has 0 bridgehead atoms. The molecule has 1 atom stereocenters. The second kappa shape index (κ2) is 9.52. The molecule has 0 aliphatic rings. The molecule has 140 valence electrons. The van der Waals surface area contributed by atoms with Gasteiger partial charge < -0.3 is 9.47 Å². The van der Waals surface area contributed by atoms with E-state index in [-0.39, 0.29) is 0 Å². The third-order valence-corrected chi connectivity index (χ3v) is 4.29. The maximum Gasteiger partial charge on any atom is 0.141 e. The number of ether oxygens (including phenoxy) is 2. The first-order valence-corrected chi connectivity index (χ1v) is 9.09. The Morgan fingerprint density at radius 3 is 2.41 bits per heavy atom. The minimum atomic E-state index is 0.471. The van der Waals surface area contributed by atoms with Crippen molar-refractivity contribution >= 4 is 6.21 Å². The van der Waals surface area contributed by atoms with Crippen molar-refractivity contribution in [3.63, 3.8) is 0 Å². The third kappa shape index (κ3) is 5.67. The number of nitrogens with zero attached hydrogens (tertiary/aromatic N) is 4. The van der Waals surface area contributed by atoms with E-state index in [4.69, 9.17) is 9.47 Å². The normalized spacial score (nSPS) is 12.2. The fourth-order valence-electron chi connectivity index (χ4n) is 2.52. The van der Waals surface area contributed by atoms with E-state index < -0.39 is 0 Å². The number of hydrogen-bond donors (Lipinski definition) is 0. The fourth-order valence-corrected chi connectivity index (χ4v) is 2.52. The minimum absolute atomic E-state index is 0.471. The highest BCUT2D eigenvalue weighted by Gasteiger charge is 2.03. The fraction of sp³-hybridized carbons (Fsp3) is 0.286. The van der Waals surface area contributed by atoms with Crippen LogP contribution in [0.3, 0.4) is 0 Å². The molecule has 3 rings (SSSR count). The van der Waals surface area contributed by atoms with Crippen LogP contribution < -0.4 is 9.47 Å². The first-order chi connectivity index (χ1) is 13.2. The lowest BCUT2D eigenvalue weighted by Gasteiger charge is -2.11. The van der Waals surface area contributed by atoms with Gasteiger partial charge in [0.05, 0.1) is 6.21 Å². The monoisotopic (exact) mass is 364 g/mol. The molecule has 0 saturated carbocycles. The van der Waals surface area contributed by atoms with E-state index in [0.29, 0.717) is 19.1 Å². The van der Waals surface area contributed by atoms with Crippen molar-refractivity contribution in [3.05, 3.63) is 72.3 Å². The molecule has 0 aliphatic carbocycles. The molecule has 0 amide bonds. The minimum Gasteiger partial charge on any atom is -0.490 e. The lowest BCUT2D eigenvalue weighted by Crippen LogP contribution is -2.09. The summed E-state index contributed by atoms with van der Waals surface area (Å²) >= 11 is 0. The van der Waals surface area contributed by atoms with Crippen LogP contribution in [0.5, 0.6) is 11.5 Å². The Balaban J connectivity index is 1.46. The van der Waals surface area contributed by atoms with Gasteiger partial charge in [-0.1, -0.05) is 38.1 Å². The van der Waals surface area contributed by atoms with Crippen LogP contribution in [-0.2, 0) is 0 Å². The number of hydrogen-bond acceptors (Lipinski definition) is 5. The molecule has 0 radical (unpaired) electrons. The molecular weight excluding hydrogens is 340 g/mol. The molecule has 0 spiro atoms. The van der Waals surface area contributed by atoms with Gasteiger partial charge in [-0.05, 0) is 47.7 Å². The van der Waals surface area contributed by atoms with Gasteiger partial charge in [0.2, 0.25) is 0 Å². The maximum absolute atomic E-state index is 5.77. The summed E-state index contributed by atoms with van der Waals surface area (Å²) in [5.74, 6) is 2.21. The van der Waals surface area contributed by atoms with E-state index in [9.17, 15) is 0 Å². The summed E-state index contributed by atoms with van der Waals surface area (Å²) in [6, 6.07) is 16.0. The average molecular weight is 364 g/mol. The quantitative estimate of drug-likeness (QED) is 0.423. The Morgan fingerprint density at radius 1 is 1.00 bits per heavy atom. The highest BCUT2D eigenvalue weighted by molar-refractivity contribution is 5.80. The smallest absolute Gasteiger partial charge is 0.141 e. The molecule has 0 fully saturated rings. The van der Waals surface area contributed by atoms with Crippen LogP contribution in [0.25, 0.3) is 0 Å². The molecule has 6 heteroatoms. The van der Waals surface area contributed by atoms with E-state index in [1.165, 1.54) is 22.9 Å². The van der Waals surface area contributed by atoms with Crippen LogP contribution >= 0.6 is 0 Å². The summed E-state index contributed by atoms with van der Waals surface area (Å²) in [4.78, 5) is 0. The van der Waals surface area contributed by atoms with E-state index in [1.54, 1.807) is 6.21 Å². The predicted octanol–water partition coefficient (Wildman–Crippen LogP) is 4.13. The van der Waals surface area contributed by atoms with Crippen molar-refractivity contribution in [2.24, 2.45) is 5.10 Å². The molecule has 0 unspecified atom stereocenters. The van der Waals surface area contributed by atoms with Crippen LogP contribution in [0, 0.1) is 0 Å². The summed E-state index contributed by atoms with van der Waals surface area (Å²) < 4.78 is 13.1. The zero-order valence-electron chi connectivity index (χ0n) is 15.7. The lowest BCUT2D eigenvalue weighted by atomic mass is 9.99. The Bertz CT molecular complexity index is 845. The van der Waals surface area contributed by atoms with Gasteiger partial charge in [-0.3, -0.25) is 0 Å². The Labute approximate surface area is 159 Å². The number of rotatable bonds is 9. The van der Waals surface area contributed by atoms with Gasteiger partial charge in [-0.25, -0.2) is 4.68 Å². The SMILES string of the molecule is CC[C@@H](C)c1ccc(OCCOc2cccc(/C=N\n3cnnc3)c2)cc1. The second-order valence-electron chi connectivity index (χ2n) is 6.23. The van der Waals surface area contributed by atoms with Crippen molar-refractivity contribution in [1.29, 1.82) is 0 Å². The lowest BCUT2D eigenvalue weighted by molar-refractivity contribution is 0.217. The van der Waals surface area contributed by atoms with E-state index in [0.717, 1.165) is 23.5 Å². The molecule has 0 aliphatic heterocycles. The van der Waals surface area contributed by atoms with Crippen LogP contribution in [0.1, 0.15) is 37.3 Å². The van der Waals surface area contributed by atoms with Gasteiger partial charge in [0.25, 0.3) is 0 Å². The first kappa shape index (κ1) is 18.6. The topological polar surface area (TPSA) is 61.5 Å². The Kier molecular flexibility index (Phi) is 6.57. The third-order valence-electron chi connectivity index (χ3n) is 4.29. The average Bonchev–Trinajstić information content (AvgIpc) is 3.23. The Morgan fingerprint density at radius 2 is 1.70 bits per heavy atom. The molecular formula is C21H24N4O2. The molecule has 0 N–H and O–H groups in total. The van der Waals surface area contributed by atoms with Crippen molar-refractivity contribution in [1.82, 2.24) is 14.9 Å². The van der Waals surface area contributed by atoms with Crippen molar-refractivity contribution in [2.75, 3.05) is 13.2 Å². The highest BCUT2D eigenvalue weighted by atomic mass is 16.5. The number of benzene rings is 2. The van der Waals surface area contributed by atoms with Crippen LogP contribution in [-0.4, -0.2) is 34.3 Å². The number of aromatic nitrogens is 3. The standard InChI is InChI=1S/C21H24N4O2/c1-3-17(2)19-7-9-20(10-8-19)26-11-12-27-21-6-4-5-18(13-21)14-24-25-15-22-23-16-25/h4-10,13-17H,3,11-12H2,1-2H3/b24-14-/t17-/m1/s1. The molecule has 2 aromatic carbocycles. The molecule has 27 heavy (non-hydrogen) atoms. The van der Waals surface area contributed by atoms with Gasteiger partial charge in [0.15, 0.2) is 0 Å². The van der Waals surface area contributed by atoms with Crippen molar-refractivity contribution < 1.29 is 9.47 Å². The molecule has 1 aromatic heterocycles. The van der Waals surface area contributed by atoms with Gasteiger partial charge in [-0.2, -0.15) is 5.10 Å². The second-order valence-corrected chi connectivity index (χ2v) is 6.23. The Hall–Kier alpha value is -3.15. The van der Waals surface area contributed by atoms with Gasteiger partial charge in [-0.15, -0.1) is 10.2 Å². The van der Waals surface area contributed by atoms with E-state index in [2.05, 4.69) is 41.3 Å². The van der Waals surface area contributed by atoms with Crippen LogP contribution in [0.2, 0.25) is 0 Å². The zero-order chi connectivity index (χ0) is 18.9. The summed E-state index contributed by atoms with van der Waals surface area (Å²) in [6.45, 7) is 5.39. The largest absolute Gasteiger partial charge is 0.490 e. The summed E-state index contributed by atoms with van der Waals surface area (Å²) in [5.41, 5.74) is 2.27. The highest BCUT2D eigenvalue weighted by Crippen LogP contribution is 2.21. The van der Waals surface area contributed by atoms with Crippen molar-refractivity contribution in [3.8, 4) is 11.5 Å². The summed E-state index contributed by atoms with van der Waals surface area (Å²) in [5, 5.41) is 11.6. The van der Waals surface area contributed by atoms with Gasteiger partial charge in [0, 0.05) is 0 Å². The van der Waals surface area contributed by atoms with Crippen LogP contribution in [0.15, 0.2) is 66.3 Å². The molecule has 1 heterocycles. The van der Waals surface area contributed by atoms with Crippen molar-refractivity contribution in [2.45, 2.75) is 26.2 Å². The summed E-state index contributed by atoms with van der Waals surface area (Å²) in [6.07, 6.45) is 5.93. The molecule has 0 saturated heterocycles. The van der Waals surface area contributed by atoms with E-state index >= 15 is 0 Å².